The number of aliphatic imine (C=N–C) groups is 2. The molecular weight excluding hydrogens is 367 g/mol. The molecule has 3 amide bonds. The SMILES string of the molecule is C=C1C=NC(=O)N=C1SCC(=O)Nc1cc(C(F)(F)F)ccc1Cl. The number of thioether (sulfide) groups is 1. The molecule has 5 nitrogen and oxygen atoms in total. The summed E-state index contributed by atoms with van der Waals surface area (Å²) >= 11 is 6.71. The van der Waals surface area contributed by atoms with Crippen LogP contribution in [0.3, 0.4) is 0 Å². The van der Waals surface area contributed by atoms with Crippen LogP contribution in [0.15, 0.2) is 40.3 Å². The van der Waals surface area contributed by atoms with E-state index < -0.39 is 23.7 Å². The molecule has 0 saturated heterocycles. The van der Waals surface area contributed by atoms with Crippen molar-refractivity contribution in [1.82, 2.24) is 0 Å². The summed E-state index contributed by atoms with van der Waals surface area (Å²) in [6.07, 6.45) is -3.33. The van der Waals surface area contributed by atoms with E-state index in [2.05, 4.69) is 21.9 Å². The van der Waals surface area contributed by atoms with Crippen LogP contribution in [0.4, 0.5) is 23.7 Å². The van der Waals surface area contributed by atoms with Crippen LogP contribution >= 0.6 is 23.4 Å². The second-order valence-electron chi connectivity index (χ2n) is 4.51. The minimum Gasteiger partial charge on any atom is -0.324 e. The van der Waals surface area contributed by atoms with Gasteiger partial charge >= 0.3 is 12.2 Å². The second-order valence-corrected chi connectivity index (χ2v) is 5.88. The third-order valence-corrected chi connectivity index (χ3v) is 4.07. The number of nitrogens with one attached hydrogen (secondary N) is 1. The zero-order valence-corrected chi connectivity index (χ0v) is 13.4. The van der Waals surface area contributed by atoms with Gasteiger partial charge in [0.05, 0.1) is 22.0 Å². The number of hydrogen-bond donors (Lipinski definition) is 1. The van der Waals surface area contributed by atoms with E-state index in [1.807, 2.05) is 0 Å². The molecule has 0 saturated carbocycles. The summed E-state index contributed by atoms with van der Waals surface area (Å²) in [5.74, 6) is -0.794. The van der Waals surface area contributed by atoms with Crippen molar-refractivity contribution < 1.29 is 22.8 Å². The number of amides is 3. The maximum Gasteiger partial charge on any atom is 0.416 e. The first-order chi connectivity index (χ1) is 11.2. The summed E-state index contributed by atoms with van der Waals surface area (Å²) in [6, 6.07) is 1.90. The molecule has 0 fully saturated rings. The number of anilines is 1. The number of halogens is 4. The first-order valence-electron chi connectivity index (χ1n) is 6.32. The van der Waals surface area contributed by atoms with Gasteiger partial charge in [0.1, 0.15) is 5.04 Å². The Balaban J connectivity index is 2.03. The van der Waals surface area contributed by atoms with E-state index in [0.29, 0.717) is 5.57 Å². The van der Waals surface area contributed by atoms with Crippen LogP contribution in [0.25, 0.3) is 0 Å². The topological polar surface area (TPSA) is 70.9 Å². The van der Waals surface area contributed by atoms with Gasteiger partial charge in [-0.2, -0.15) is 23.2 Å². The lowest BCUT2D eigenvalue weighted by Gasteiger charge is -2.12. The van der Waals surface area contributed by atoms with Gasteiger partial charge in [0.25, 0.3) is 0 Å². The summed E-state index contributed by atoms with van der Waals surface area (Å²) in [5, 5.41) is 2.49. The Morgan fingerprint density at radius 1 is 1.38 bits per heavy atom. The van der Waals surface area contributed by atoms with Crippen LogP contribution in [0.2, 0.25) is 5.02 Å². The molecule has 1 heterocycles. The average Bonchev–Trinajstić information content (AvgIpc) is 2.49. The van der Waals surface area contributed by atoms with E-state index in [1.165, 1.54) is 6.21 Å². The standard InChI is InChI=1S/C14H9ClF3N3O2S/c1-7-5-19-13(23)21-12(7)24-6-11(22)20-10-4-8(14(16,17)18)2-3-9(10)15/h2-5H,1,6H2,(H,20,22). The lowest BCUT2D eigenvalue weighted by Crippen LogP contribution is -2.18. The van der Waals surface area contributed by atoms with E-state index in [9.17, 15) is 22.8 Å². The van der Waals surface area contributed by atoms with Crippen molar-refractivity contribution in [3.8, 4) is 0 Å². The van der Waals surface area contributed by atoms with Gasteiger partial charge in [-0.3, -0.25) is 4.79 Å². The van der Waals surface area contributed by atoms with Gasteiger partial charge in [0.2, 0.25) is 5.91 Å². The van der Waals surface area contributed by atoms with Crippen LogP contribution in [-0.2, 0) is 11.0 Å². The smallest absolute Gasteiger partial charge is 0.324 e. The molecule has 10 heteroatoms. The molecule has 0 aliphatic carbocycles. The average molecular weight is 376 g/mol. The Labute approximate surface area is 143 Å². The van der Waals surface area contributed by atoms with Gasteiger partial charge in [-0.05, 0) is 18.2 Å². The quantitative estimate of drug-likeness (QED) is 0.861. The van der Waals surface area contributed by atoms with Crippen molar-refractivity contribution in [2.45, 2.75) is 6.18 Å². The van der Waals surface area contributed by atoms with Crippen molar-refractivity contribution in [2.75, 3.05) is 11.1 Å². The number of urea groups is 1. The predicted molar refractivity (Wildman–Crippen MR) is 88.0 cm³/mol. The van der Waals surface area contributed by atoms with Crippen molar-refractivity contribution in [2.24, 2.45) is 9.98 Å². The van der Waals surface area contributed by atoms with E-state index in [-0.39, 0.29) is 21.5 Å². The van der Waals surface area contributed by atoms with E-state index in [4.69, 9.17) is 11.6 Å². The molecule has 2 rings (SSSR count). The molecule has 0 bridgehead atoms. The summed E-state index contributed by atoms with van der Waals surface area (Å²) in [4.78, 5) is 30.0. The van der Waals surface area contributed by atoms with E-state index >= 15 is 0 Å². The monoisotopic (exact) mass is 375 g/mol. The predicted octanol–water partition coefficient (Wildman–Crippen LogP) is 4.19. The molecule has 0 radical (unpaired) electrons. The fourth-order valence-corrected chi connectivity index (χ4v) is 2.50. The molecule has 0 aromatic heterocycles. The molecule has 0 unspecified atom stereocenters. The molecule has 0 spiro atoms. The summed E-state index contributed by atoms with van der Waals surface area (Å²) in [6.45, 7) is 3.61. The molecule has 24 heavy (non-hydrogen) atoms. The minimum atomic E-state index is -4.55. The molecule has 1 aliphatic heterocycles. The molecule has 1 aliphatic rings. The molecule has 126 valence electrons. The number of hydrogen-bond acceptors (Lipinski definition) is 3. The zero-order chi connectivity index (χ0) is 17.9. The van der Waals surface area contributed by atoms with Crippen LogP contribution in [0.5, 0.6) is 0 Å². The van der Waals surface area contributed by atoms with E-state index in [1.54, 1.807) is 0 Å². The lowest BCUT2D eigenvalue weighted by molar-refractivity contribution is -0.137. The van der Waals surface area contributed by atoms with Crippen LogP contribution in [0, 0.1) is 0 Å². The minimum absolute atomic E-state index is 0.0249. The molecule has 0 atom stereocenters. The normalized spacial score (nSPS) is 14.6. The number of alkyl halides is 3. The molecular formula is C14H9ClF3N3O2S. The highest BCUT2D eigenvalue weighted by atomic mass is 35.5. The highest BCUT2D eigenvalue weighted by Crippen LogP contribution is 2.33. The highest BCUT2D eigenvalue weighted by molar-refractivity contribution is 8.15. The Morgan fingerprint density at radius 3 is 2.75 bits per heavy atom. The number of carbonyl (C=O) groups is 2. The van der Waals surface area contributed by atoms with Crippen molar-refractivity contribution >= 4 is 52.2 Å². The van der Waals surface area contributed by atoms with Crippen molar-refractivity contribution in [1.29, 1.82) is 0 Å². The maximum atomic E-state index is 12.7. The Kier molecular flexibility index (Phi) is 5.45. The number of benzene rings is 1. The van der Waals surface area contributed by atoms with E-state index in [0.717, 1.165) is 30.0 Å². The first kappa shape index (κ1) is 18.2. The fourth-order valence-electron chi connectivity index (χ4n) is 1.62. The Bertz CT molecular complexity index is 775. The van der Waals surface area contributed by atoms with Gasteiger partial charge in [-0.15, -0.1) is 0 Å². The third kappa shape index (κ3) is 4.68. The van der Waals surface area contributed by atoms with Crippen LogP contribution in [0.1, 0.15) is 5.56 Å². The van der Waals surface area contributed by atoms with Gasteiger partial charge in [-0.25, -0.2) is 4.79 Å². The third-order valence-electron chi connectivity index (χ3n) is 2.71. The maximum absolute atomic E-state index is 12.7. The summed E-state index contributed by atoms with van der Waals surface area (Å²) in [5.41, 5.74) is -0.717. The number of carbonyl (C=O) groups excluding carboxylic acids is 2. The van der Waals surface area contributed by atoms with Crippen LogP contribution < -0.4 is 5.32 Å². The number of nitrogens with zero attached hydrogens (tertiary/aromatic N) is 2. The first-order valence-corrected chi connectivity index (χ1v) is 7.68. The van der Waals surface area contributed by atoms with Crippen molar-refractivity contribution in [3.05, 3.63) is 40.9 Å². The van der Waals surface area contributed by atoms with Gasteiger partial charge in [0.15, 0.2) is 0 Å². The molecule has 1 aromatic rings. The summed E-state index contributed by atoms with van der Waals surface area (Å²) in [7, 11) is 0. The molecule has 1 N–H and O–H groups in total. The fraction of sp³-hybridized carbons (Fsp3) is 0.143. The lowest BCUT2D eigenvalue weighted by atomic mass is 10.2. The Hall–Kier alpha value is -2.13. The van der Waals surface area contributed by atoms with Crippen molar-refractivity contribution in [3.63, 3.8) is 0 Å². The van der Waals surface area contributed by atoms with Gasteiger partial charge in [0, 0.05) is 11.8 Å². The summed E-state index contributed by atoms with van der Waals surface area (Å²) < 4.78 is 38.0. The molecule has 1 aromatic carbocycles. The Morgan fingerprint density at radius 2 is 2.08 bits per heavy atom. The number of rotatable bonds is 3. The van der Waals surface area contributed by atoms with Gasteiger partial charge in [-0.1, -0.05) is 29.9 Å². The zero-order valence-electron chi connectivity index (χ0n) is 11.9. The largest absolute Gasteiger partial charge is 0.416 e. The van der Waals surface area contributed by atoms with Crippen LogP contribution in [-0.4, -0.2) is 28.9 Å². The second kappa shape index (κ2) is 7.18. The highest BCUT2D eigenvalue weighted by Gasteiger charge is 2.31. The van der Waals surface area contributed by atoms with Gasteiger partial charge < -0.3 is 5.32 Å².